The van der Waals surface area contributed by atoms with E-state index in [9.17, 15) is 5.11 Å². The minimum absolute atomic E-state index is 0.227. The number of aliphatic hydroxyl groups excluding tert-OH is 2. The van der Waals surface area contributed by atoms with Crippen molar-refractivity contribution in [2.24, 2.45) is 0 Å². The second-order valence-electron chi connectivity index (χ2n) is 4.46. The molecule has 3 atom stereocenters. The zero-order valence-electron chi connectivity index (χ0n) is 9.90. The van der Waals surface area contributed by atoms with Crippen LogP contribution in [0.25, 0.3) is 11.0 Å². The number of fused-ring (bicyclic) bond motifs is 1. The van der Waals surface area contributed by atoms with Crippen LogP contribution in [0.3, 0.4) is 0 Å². The van der Waals surface area contributed by atoms with E-state index in [-0.39, 0.29) is 17.6 Å². The highest BCUT2D eigenvalue weighted by molar-refractivity contribution is 6.30. The smallest absolute Gasteiger partial charge is 0.153 e. The standard InChI is InChI=1S/C11H13ClN4O3/c12-8-1-5-10(11(13)15-8)14-4-16(5)9-2-6(18)7(3-17)19-9/h1,4,6-7,9,17-18H,2-3H2,(H2,13,15)/t6-,7+,9+/m0/s1. The highest BCUT2D eigenvalue weighted by Crippen LogP contribution is 2.32. The number of imidazole rings is 1. The number of hydrogen-bond acceptors (Lipinski definition) is 6. The van der Waals surface area contributed by atoms with Gasteiger partial charge in [0, 0.05) is 12.5 Å². The van der Waals surface area contributed by atoms with E-state index in [4.69, 9.17) is 27.2 Å². The zero-order chi connectivity index (χ0) is 13.6. The Hall–Kier alpha value is -1.41. The Kier molecular flexibility index (Phi) is 3.06. The van der Waals surface area contributed by atoms with E-state index in [1.54, 1.807) is 17.0 Å². The quantitative estimate of drug-likeness (QED) is 0.685. The molecule has 0 aliphatic carbocycles. The molecule has 0 amide bonds. The number of nitrogen functional groups attached to an aromatic ring is 1. The van der Waals surface area contributed by atoms with E-state index in [0.717, 1.165) is 0 Å². The van der Waals surface area contributed by atoms with Gasteiger partial charge in [0.1, 0.15) is 23.0 Å². The van der Waals surface area contributed by atoms with Crippen molar-refractivity contribution in [1.29, 1.82) is 0 Å². The van der Waals surface area contributed by atoms with Crippen molar-refractivity contribution in [3.05, 3.63) is 17.5 Å². The number of aliphatic hydroxyl groups is 2. The third-order valence-corrected chi connectivity index (χ3v) is 3.45. The summed E-state index contributed by atoms with van der Waals surface area (Å²) in [4.78, 5) is 8.10. The molecule has 0 radical (unpaired) electrons. The largest absolute Gasteiger partial charge is 0.394 e. The molecule has 2 aromatic rings. The van der Waals surface area contributed by atoms with Crippen molar-refractivity contribution in [1.82, 2.24) is 14.5 Å². The predicted molar refractivity (Wildman–Crippen MR) is 68.6 cm³/mol. The molecule has 8 heteroatoms. The maximum atomic E-state index is 9.76. The van der Waals surface area contributed by atoms with Crippen molar-refractivity contribution in [2.75, 3.05) is 12.3 Å². The third-order valence-electron chi connectivity index (χ3n) is 3.25. The molecule has 3 heterocycles. The normalized spacial score (nSPS) is 27.2. The van der Waals surface area contributed by atoms with Crippen LogP contribution in [0.15, 0.2) is 12.4 Å². The molecule has 0 saturated carbocycles. The molecule has 0 bridgehead atoms. The van der Waals surface area contributed by atoms with Gasteiger partial charge in [0.25, 0.3) is 0 Å². The van der Waals surface area contributed by atoms with Gasteiger partial charge in [-0.1, -0.05) is 11.6 Å². The van der Waals surface area contributed by atoms with Crippen LogP contribution in [0.4, 0.5) is 5.82 Å². The number of hydrogen-bond donors (Lipinski definition) is 3. The minimum Gasteiger partial charge on any atom is -0.394 e. The Balaban J connectivity index is 2.02. The van der Waals surface area contributed by atoms with Crippen LogP contribution < -0.4 is 5.73 Å². The van der Waals surface area contributed by atoms with Crippen LogP contribution in [0, 0.1) is 0 Å². The van der Waals surface area contributed by atoms with Crippen molar-refractivity contribution in [2.45, 2.75) is 24.9 Å². The Morgan fingerprint density at radius 3 is 3.05 bits per heavy atom. The number of aromatic nitrogens is 3. The molecular formula is C11H13ClN4O3. The lowest BCUT2D eigenvalue weighted by atomic mass is 10.2. The molecule has 2 aromatic heterocycles. The predicted octanol–water partition coefficient (Wildman–Crippen LogP) is 0.308. The van der Waals surface area contributed by atoms with E-state index >= 15 is 0 Å². The SMILES string of the molecule is Nc1nc(Cl)cc2c1ncn2[C@H]1C[C@H](O)[C@@H](CO)O1. The lowest BCUT2D eigenvalue weighted by molar-refractivity contribution is -0.0430. The summed E-state index contributed by atoms with van der Waals surface area (Å²) in [6, 6.07) is 1.64. The van der Waals surface area contributed by atoms with Crippen LogP contribution >= 0.6 is 11.6 Å². The summed E-state index contributed by atoms with van der Waals surface area (Å²) in [6.07, 6.45) is 0.237. The summed E-state index contributed by atoms with van der Waals surface area (Å²) >= 11 is 5.88. The first-order valence-corrected chi connectivity index (χ1v) is 6.21. The van der Waals surface area contributed by atoms with Crippen molar-refractivity contribution < 1.29 is 14.9 Å². The molecule has 1 fully saturated rings. The van der Waals surface area contributed by atoms with Gasteiger partial charge >= 0.3 is 0 Å². The van der Waals surface area contributed by atoms with Gasteiger partial charge in [-0.3, -0.25) is 0 Å². The maximum Gasteiger partial charge on any atom is 0.153 e. The molecule has 7 nitrogen and oxygen atoms in total. The molecule has 3 rings (SSSR count). The van der Waals surface area contributed by atoms with Gasteiger partial charge in [-0.25, -0.2) is 9.97 Å². The second-order valence-corrected chi connectivity index (χ2v) is 4.85. The fourth-order valence-electron chi connectivity index (χ4n) is 2.30. The van der Waals surface area contributed by atoms with Crippen LogP contribution in [0.2, 0.25) is 5.15 Å². The molecule has 0 unspecified atom stereocenters. The van der Waals surface area contributed by atoms with Crippen LogP contribution in [0.5, 0.6) is 0 Å². The van der Waals surface area contributed by atoms with Gasteiger partial charge in [-0.2, -0.15) is 0 Å². The summed E-state index contributed by atoms with van der Waals surface area (Å²) < 4.78 is 7.31. The van der Waals surface area contributed by atoms with Gasteiger partial charge in [-0.15, -0.1) is 0 Å². The lowest BCUT2D eigenvalue weighted by Crippen LogP contribution is -2.24. The monoisotopic (exact) mass is 284 g/mol. The lowest BCUT2D eigenvalue weighted by Gasteiger charge is -2.14. The third kappa shape index (κ3) is 2.04. The highest BCUT2D eigenvalue weighted by Gasteiger charge is 2.35. The fourth-order valence-corrected chi connectivity index (χ4v) is 2.50. The number of ether oxygens (including phenoxy) is 1. The minimum atomic E-state index is -0.706. The number of anilines is 1. The maximum absolute atomic E-state index is 9.76. The van der Waals surface area contributed by atoms with Crippen molar-refractivity contribution in [3.8, 4) is 0 Å². The summed E-state index contributed by atoms with van der Waals surface area (Å²) in [5, 5.41) is 19.1. The molecule has 19 heavy (non-hydrogen) atoms. The first-order chi connectivity index (χ1) is 9.10. The van der Waals surface area contributed by atoms with Crippen molar-refractivity contribution >= 4 is 28.5 Å². The number of rotatable bonds is 2. The molecule has 0 aromatic carbocycles. The van der Waals surface area contributed by atoms with E-state index < -0.39 is 18.4 Å². The average molecular weight is 285 g/mol. The summed E-state index contributed by atoms with van der Waals surface area (Å²) in [6.45, 7) is -0.227. The Bertz CT molecular complexity index is 617. The Morgan fingerprint density at radius 2 is 2.37 bits per heavy atom. The molecule has 4 N–H and O–H groups in total. The van der Waals surface area contributed by atoms with Crippen LogP contribution in [-0.2, 0) is 4.74 Å². The number of nitrogens with two attached hydrogens (primary N) is 1. The molecular weight excluding hydrogens is 272 g/mol. The van der Waals surface area contributed by atoms with E-state index in [0.29, 0.717) is 17.5 Å². The van der Waals surface area contributed by atoms with E-state index in [2.05, 4.69) is 9.97 Å². The molecule has 1 saturated heterocycles. The molecule has 1 aliphatic heterocycles. The van der Waals surface area contributed by atoms with Gasteiger partial charge in [0.2, 0.25) is 0 Å². The number of halogens is 1. The fraction of sp³-hybridized carbons (Fsp3) is 0.455. The molecule has 0 spiro atoms. The first kappa shape index (κ1) is 12.6. The van der Waals surface area contributed by atoms with Gasteiger partial charge in [0.05, 0.1) is 24.6 Å². The second kappa shape index (κ2) is 4.61. The van der Waals surface area contributed by atoms with Crippen molar-refractivity contribution in [3.63, 3.8) is 0 Å². The van der Waals surface area contributed by atoms with Crippen LogP contribution in [0.1, 0.15) is 12.6 Å². The molecule has 1 aliphatic rings. The van der Waals surface area contributed by atoms with E-state index in [1.165, 1.54) is 0 Å². The number of nitrogens with zero attached hydrogens (tertiary/aromatic N) is 3. The van der Waals surface area contributed by atoms with E-state index in [1.807, 2.05) is 0 Å². The highest BCUT2D eigenvalue weighted by atomic mass is 35.5. The van der Waals surface area contributed by atoms with Gasteiger partial charge < -0.3 is 25.3 Å². The Labute approximate surface area is 113 Å². The summed E-state index contributed by atoms with van der Waals surface area (Å²) in [5.41, 5.74) is 6.97. The molecule has 102 valence electrons. The summed E-state index contributed by atoms with van der Waals surface area (Å²) in [5.74, 6) is 0.249. The average Bonchev–Trinajstić information content (AvgIpc) is 2.92. The van der Waals surface area contributed by atoms with Gasteiger partial charge in [0.15, 0.2) is 5.82 Å². The van der Waals surface area contributed by atoms with Crippen LogP contribution in [-0.4, -0.2) is 43.6 Å². The Morgan fingerprint density at radius 1 is 1.58 bits per heavy atom. The first-order valence-electron chi connectivity index (χ1n) is 5.83. The topological polar surface area (TPSA) is 106 Å². The zero-order valence-corrected chi connectivity index (χ0v) is 10.7. The number of pyridine rings is 1. The van der Waals surface area contributed by atoms with Gasteiger partial charge in [-0.05, 0) is 0 Å². The summed E-state index contributed by atoms with van der Waals surface area (Å²) in [7, 11) is 0.